The topological polar surface area (TPSA) is 66.9 Å². The number of carbonyl (C=O) groups is 3. The molecule has 0 N–H and O–H groups in total. The Hall–Kier alpha value is -1.70. The lowest BCUT2D eigenvalue weighted by atomic mass is 10.1. The van der Waals surface area contributed by atoms with E-state index in [2.05, 4.69) is 0 Å². The maximum Gasteiger partial charge on any atom is 0.294 e. The highest BCUT2D eigenvalue weighted by atomic mass is 35.5. The second kappa shape index (κ2) is 8.54. The quantitative estimate of drug-likeness (QED) is 0.676. The summed E-state index contributed by atoms with van der Waals surface area (Å²) in [4.78, 5) is 40.1. The van der Waals surface area contributed by atoms with Gasteiger partial charge < -0.3 is 9.64 Å². The zero-order valence-electron chi connectivity index (χ0n) is 14.7. The average Bonchev–Trinajstić information content (AvgIpc) is 2.89. The van der Waals surface area contributed by atoms with E-state index in [0.717, 1.165) is 35.9 Å². The van der Waals surface area contributed by atoms with Gasteiger partial charge in [-0.3, -0.25) is 19.3 Å². The molecule has 2 saturated heterocycles. The molecule has 0 bridgehead atoms. The lowest BCUT2D eigenvalue weighted by Gasteiger charge is -2.27. The molecular formula is C18H18Cl2N2O4S. The Balaban J connectivity index is 1.75. The summed E-state index contributed by atoms with van der Waals surface area (Å²) < 4.78 is 5.10. The molecule has 0 saturated carbocycles. The first-order valence-electron chi connectivity index (χ1n) is 8.47. The van der Waals surface area contributed by atoms with E-state index in [9.17, 15) is 14.4 Å². The van der Waals surface area contributed by atoms with E-state index in [0.29, 0.717) is 34.4 Å². The molecule has 3 amide bonds. The van der Waals surface area contributed by atoms with Crippen LogP contribution in [-0.2, 0) is 9.59 Å². The van der Waals surface area contributed by atoms with Crippen LogP contribution in [0.25, 0.3) is 6.08 Å². The van der Waals surface area contributed by atoms with Crippen LogP contribution < -0.4 is 4.74 Å². The van der Waals surface area contributed by atoms with Crippen LogP contribution in [0.2, 0.25) is 10.0 Å². The van der Waals surface area contributed by atoms with Gasteiger partial charge in [-0.25, -0.2) is 0 Å². The molecule has 0 atom stereocenters. The summed E-state index contributed by atoms with van der Waals surface area (Å²) in [7, 11) is 1.46. The number of carbonyl (C=O) groups excluding carboxylic acids is 3. The summed E-state index contributed by atoms with van der Waals surface area (Å²) in [6, 6.07) is 3.19. The Morgan fingerprint density at radius 2 is 1.81 bits per heavy atom. The molecule has 2 aliphatic heterocycles. The molecular weight excluding hydrogens is 411 g/mol. The molecule has 0 aromatic heterocycles. The molecule has 6 nitrogen and oxygen atoms in total. The number of halogens is 2. The van der Waals surface area contributed by atoms with Crippen molar-refractivity contribution < 1.29 is 19.1 Å². The number of hydrogen-bond acceptors (Lipinski definition) is 5. The zero-order valence-corrected chi connectivity index (χ0v) is 17.0. The van der Waals surface area contributed by atoms with Crippen LogP contribution in [0, 0.1) is 0 Å². The van der Waals surface area contributed by atoms with Crippen LogP contribution in [0.5, 0.6) is 5.75 Å². The third-order valence-electron chi connectivity index (χ3n) is 4.40. The van der Waals surface area contributed by atoms with E-state index in [1.807, 2.05) is 0 Å². The predicted molar refractivity (Wildman–Crippen MR) is 106 cm³/mol. The molecule has 27 heavy (non-hydrogen) atoms. The molecule has 144 valence electrons. The summed E-state index contributed by atoms with van der Waals surface area (Å²) in [5.74, 6) is -0.345. The highest BCUT2D eigenvalue weighted by molar-refractivity contribution is 8.18. The highest BCUT2D eigenvalue weighted by Gasteiger charge is 2.37. The second-order valence-corrected chi connectivity index (χ2v) is 8.03. The fourth-order valence-electron chi connectivity index (χ4n) is 3.02. The van der Waals surface area contributed by atoms with Crippen molar-refractivity contribution in [2.75, 3.05) is 26.7 Å². The maximum atomic E-state index is 12.6. The minimum Gasteiger partial charge on any atom is -0.494 e. The maximum absolute atomic E-state index is 12.6. The minimum absolute atomic E-state index is 0.200. The molecule has 0 unspecified atom stereocenters. The molecule has 2 heterocycles. The fraction of sp³-hybridized carbons (Fsp3) is 0.389. The lowest BCUT2D eigenvalue weighted by Crippen LogP contribution is -2.44. The summed E-state index contributed by atoms with van der Waals surface area (Å²) in [6.45, 7) is 1.12. The normalized spacial score (nSPS) is 19.1. The van der Waals surface area contributed by atoms with Crippen molar-refractivity contribution in [3.63, 3.8) is 0 Å². The number of likely N-dealkylation sites (tertiary alicyclic amines) is 1. The van der Waals surface area contributed by atoms with Gasteiger partial charge in [0.1, 0.15) is 6.54 Å². The average molecular weight is 429 g/mol. The smallest absolute Gasteiger partial charge is 0.294 e. The number of methoxy groups -OCH3 is 1. The number of benzene rings is 1. The lowest BCUT2D eigenvalue weighted by molar-refractivity contribution is -0.136. The minimum atomic E-state index is -0.488. The van der Waals surface area contributed by atoms with Gasteiger partial charge in [0.25, 0.3) is 11.1 Å². The molecule has 1 aromatic carbocycles. The number of ether oxygens (including phenoxy) is 1. The SMILES string of the molecule is COc1c(Cl)cc(C=C2SC(=O)N(CC(=O)N3CCCCC3)C2=O)cc1Cl. The van der Waals surface area contributed by atoms with Gasteiger partial charge in [-0.1, -0.05) is 23.2 Å². The first kappa shape index (κ1) is 20.0. The van der Waals surface area contributed by atoms with Crippen molar-refractivity contribution in [3.8, 4) is 5.75 Å². The van der Waals surface area contributed by atoms with Crippen molar-refractivity contribution in [1.29, 1.82) is 0 Å². The standard InChI is InChI=1S/C18H18Cl2N2O4S/c1-26-16-12(19)7-11(8-13(16)20)9-14-17(24)22(18(25)27-14)10-15(23)21-5-3-2-4-6-21/h7-9H,2-6,10H2,1H3. The first-order valence-corrected chi connectivity index (χ1v) is 10.0. The van der Waals surface area contributed by atoms with Crippen molar-refractivity contribution >= 4 is 58.1 Å². The van der Waals surface area contributed by atoms with Gasteiger partial charge in [0.15, 0.2) is 5.75 Å². The molecule has 0 spiro atoms. The third kappa shape index (κ3) is 4.42. The number of imide groups is 1. The number of rotatable bonds is 4. The van der Waals surface area contributed by atoms with Crippen molar-refractivity contribution in [2.45, 2.75) is 19.3 Å². The first-order chi connectivity index (χ1) is 12.9. The van der Waals surface area contributed by atoms with Gasteiger partial charge in [0.2, 0.25) is 5.91 Å². The van der Waals surface area contributed by atoms with Gasteiger partial charge in [-0.2, -0.15) is 0 Å². The molecule has 2 fully saturated rings. The number of amides is 3. The molecule has 3 rings (SSSR count). The largest absolute Gasteiger partial charge is 0.494 e. The Labute approximate surface area is 171 Å². The van der Waals surface area contributed by atoms with Crippen LogP contribution in [-0.4, -0.2) is 53.6 Å². The van der Waals surface area contributed by atoms with Crippen molar-refractivity contribution in [2.24, 2.45) is 0 Å². The van der Waals surface area contributed by atoms with Gasteiger partial charge in [0.05, 0.1) is 22.1 Å². The summed E-state index contributed by atoms with van der Waals surface area (Å²) in [5.41, 5.74) is 0.568. The Bertz CT molecular complexity index is 799. The summed E-state index contributed by atoms with van der Waals surface area (Å²) >= 11 is 13.0. The molecule has 0 aliphatic carbocycles. The van der Waals surface area contributed by atoms with E-state index in [1.54, 1.807) is 17.0 Å². The fourth-order valence-corrected chi connectivity index (χ4v) is 4.52. The molecule has 0 radical (unpaired) electrons. The van der Waals surface area contributed by atoms with Crippen molar-refractivity contribution in [1.82, 2.24) is 9.80 Å². The van der Waals surface area contributed by atoms with Gasteiger partial charge in [-0.15, -0.1) is 0 Å². The number of hydrogen-bond donors (Lipinski definition) is 0. The molecule has 9 heteroatoms. The van der Waals surface area contributed by atoms with E-state index >= 15 is 0 Å². The third-order valence-corrected chi connectivity index (χ3v) is 5.87. The Morgan fingerprint density at radius 3 is 2.41 bits per heavy atom. The van der Waals surface area contributed by atoms with Crippen LogP contribution in [0.3, 0.4) is 0 Å². The number of nitrogens with zero attached hydrogens (tertiary/aromatic N) is 2. The Kier molecular flexibility index (Phi) is 6.34. The predicted octanol–water partition coefficient (Wildman–Crippen LogP) is 4.05. The van der Waals surface area contributed by atoms with E-state index in [4.69, 9.17) is 27.9 Å². The van der Waals surface area contributed by atoms with Crippen LogP contribution in [0.4, 0.5) is 4.79 Å². The zero-order chi connectivity index (χ0) is 19.6. The molecule has 1 aromatic rings. The van der Waals surface area contributed by atoms with E-state index in [1.165, 1.54) is 13.2 Å². The van der Waals surface area contributed by atoms with Crippen LogP contribution >= 0.6 is 35.0 Å². The van der Waals surface area contributed by atoms with Crippen LogP contribution in [0.15, 0.2) is 17.0 Å². The van der Waals surface area contributed by atoms with Gasteiger partial charge in [-0.05, 0) is 54.8 Å². The van der Waals surface area contributed by atoms with Gasteiger partial charge >= 0.3 is 0 Å². The monoisotopic (exact) mass is 428 g/mol. The van der Waals surface area contributed by atoms with Gasteiger partial charge in [0, 0.05) is 13.1 Å². The highest BCUT2D eigenvalue weighted by Crippen LogP contribution is 2.37. The molecule has 2 aliphatic rings. The van der Waals surface area contributed by atoms with Crippen molar-refractivity contribution in [3.05, 3.63) is 32.6 Å². The van der Waals surface area contributed by atoms with Crippen LogP contribution in [0.1, 0.15) is 24.8 Å². The van der Waals surface area contributed by atoms with E-state index in [-0.39, 0.29) is 17.4 Å². The van der Waals surface area contributed by atoms with E-state index < -0.39 is 11.1 Å². The Morgan fingerprint density at radius 1 is 1.19 bits per heavy atom. The summed E-state index contributed by atoms with van der Waals surface area (Å²) in [6.07, 6.45) is 4.54. The second-order valence-electron chi connectivity index (χ2n) is 6.23. The number of thioether (sulfide) groups is 1. The summed E-state index contributed by atoms with van der Waals surface area (Å²) in [5, 5.41) is 0.147. The number of piperidine rings is 1.